The van der Waals surface area contributed by atoms with E-state index >= 15 is 0 Å². The van der Waals surface area contributed by atoms with E-state index in [1.807, 2.05) is 0 Å². The highest BCUT2D eigenvalue weighted by atomic mass is 35.5. The van der Waals surface area contributed by atoms with Crippen molar-refractivity contribution in [1.82, 2.24) is 0 Å². The van der Waals surface area contributed by atoms with Crippen molar-refractivity contribution < 1.29 is 14.3 Å². The van der Waals surface area contributed by atoms with Crippen LogP contribution in [0, 0.1) is 5.82 Å². The molecule has 0 bridgehead atoms. The van der Waals surface area contributed by atoms with Crippen LogP contribution in [0.5, 0.6) is 0 Å². The van der Waals surface area contributed by atoms with Crippen molar-refractivity contribution in [3.63, 3.8) is 0 Å². The fourth-order valence-corrected chi connectivity index (χ4v) is 1.23. The summed E-state index contributed by atoms with van der Waals surface area (Å²) in [5.41, 5.74) is 0.180. The lowest BCUT2D eigenvalue weighted by Crippen LogP contribution is -2.25. The van der Waals surface area contributed by atoms with Gasteiger partial charge in [-0.3, -0.25) is 4.79 Å². The lowest BCUT2D eigenvalue weighted by Gasteiger charge is -2.17. The molecular formula is C9H9ClFNO2. The summed E-state index contributed by atoms with van der Waals surface area (Å²) in [5.74, 6) is -1.51. The van der Waals surface area contributed by atoms with Gasteiger partial charge in [-0.05, 0) is 18.2 Å². The second-order valence-corrected chi connectivity index (χ2v) is 3.28. The zero-order valence-corrected chi connectivity index (χ0v) is 8.25. The van der Waals surface area contributed by atoms with E-state index in [-0.39, 0.29) is 12.2 Å². The predicted octanol–water partition coefficient (Wildman–Crippen LogP) is 2.00. The van der Waals surface area contributed by atoms with Gasteiger partial charge < -0.3 is 10.0 Å². The van der Waals surface area contributed by atoms with Crippen LogP contribution in [-0.4, -0.2) is 24.7 Å². The predicted molar refractivity (Wildman–Crippen MR) is 52.3 cm³/mol. The Bertz CT molecular complexity index is 357. The number of hydrogen-bond donors (Lipinski definition) is 1. The number of hydrogen-bond acceptors (Lipinski definition) is 2. The SMILES string of the molecule is CN(CC(=O)O)c1cc(Cl)ccc1F. The number of anilines is 1. The lowest BCUT2D eigenvalue weighted by atomic mass is 10.3. The summed E-state index contributed by atoms with van der Waals surface area (Å²) < 4.78 is 13.2. The Labute approximate surface area is 85.7 Å². The van der Waals surface area contributed by atoms with Crippen LogP contribution in [-0.2, 0) is 4.79 Å². The monoisotopic (exact) mass is 217 g/mol. The number of carbonyl (C=O) groups is 1. The number of nitrogens with zero attached hydrogens (tertiary/aromatic N) is 1. The highest BCUT2D eigenvalue weighted by molar-refractivity contribution is 6.30. The van der Waals surface area contributed by atoms with Crippen molar-refractivity contribution in [2.24, 2.45) is 0 Å². The number of likely N-dealkylation sites (N-methyl/N-ethyl adjacent to an activating group) is 1. The molecule has 0 saturated heterocycles. The molecule has 0 spiro atoms. The maximum Gasteiger partial charge on any atom is 0.323 e. The molecule has 0 saturated carbocycles. The first-order valence-corrected chi connectivity index (χ1v) is 4.26. The first-order chi connectivity index (χ1) is 6.50. The highest BCUT2D eigenvalue weighted by Crippen LogP contribution is 2.22. The third-order valence-electron chi connectivity index (χ3n) is 1.69. The molecule has 1 rings (SSSR count). The van der Waals surface area contributed by atoms with Crippen LogP contribution >= 0.6 is 11.6 Å². The van der Waals surface area contributed by atoms with Crippen molar-refractivity contribution in [2.75, 3.05) is 18.5 Å². The smallest absolute Gasteiger partial charge is 0.323 e. The molecule has 0 amide bonds. The molecule has 0 radical (unpaired) electrons. The van der Waals surface area contributed by atoms with Gasteiger partial charge in [0.2, 0.25) is 0 Å². The van der Waals surface area contributed by atoms with Gasteiger partial charge in [0.05, 0.1) is 5.69 Å². The van der Waals surface area contributed by atoms with E-state index in [1.54, 1.807) is 0 Å². The van der Waals surface area contributed by atoms with Crippen molar-refractivity contribution in [3.8, 4) is 0 Å². The van der Waals surface area contributed by atoms with Crippen molar-refractivity contribution in [2.45, 2.75) is 0 Å². The fourth-order valence-electron chi connectivity index (χ4n) is 1.07. The maximum absolute atomic E-state index is 13.2. The standard InChI is InChI=1S/C9H9ClFNO2/c1-12(5-9(13)14)8-4-6(10)2-3-7(8)11/h2-4H,5H2,1H3,(H,13,14). The molecule has 1 aromatic rings. The third kappa shape index (κ3) is 2.60. The largest absolute Gasteiger partial charge is 0.480 e. The Morgan fingerprint density at radius 1 is 1.64 bits per heavy atom. The van der Waals surface area contributed by atoms with Gasteiger partial charge in [-0.1, -0.05) is 11.6 Å². The number of halogens is 2. The van der Waals surface area contributed by atoms with Crippen LogP contribution in [0.4, 0.5) is 10.1 Å². The number of aliphatic carboxylic acids is 1. The molecule has 1 N–H and O–H groups in total. The topological polar surface area (TPSA) is 40.5 Å². The number of carboxylic acid groups (broad SMARTS) is 1. The van der Waals surface area contributed by atoms with Crippen molar-refractivity contribution >= 4 is 23.3 Å². The molecule has 14 heavy (non-hydrogen) atoms. The molecular weight excluding hydrogens is 209 g/mol. The van der Waals surface area contributed by atoms with E-state index in [0.717, 1.165) is 0 Å². The first-order valence-electron chi connectivity index (χ1n) is 3.88. The Balaban J connectivity index is 2.93. The van der Waals surface area contributed by atoms with Crippen LogP contribution in [0.2, 0.25) is 5.02 Å². The van der Waals surface area contributed by atoms with Gasteiger partial charge >= 0.3 is 5.97 Å². The van der Waals surface area contributed by atoms with Gasteiger partial charge in [-0.15, -0.1) is 0 Å². The quantitative estimate of drug-likeness (QED) is 0.842. The summed E-state index contributed by atoms with van der Waals surface area (Å²) in [6.07, 6.45) is 0. The van der Waals surface area contributed by atoms with E-state index in [9.17, 15) is 9.18 Å². The zero-order valence-electron chi connectivity index (χ0n) is 7.50. The van der Waals surface area contributed by atoms with Gasteiger partial charge in [0.15, 0.2) is 0 Å². The van der Waals surface area contributed by atoms with E-state index < -0.39 is 11.8 Å². The van der Waals surface area contributed by atoms with Gasteiger partial charge in [-0.25, -0.2) is 4.39 Å². The molecule has 0 aromatic heterocycles. The molecule has 5 heteroatoms. The summed E-state index contributed by atoms with van der Waals surface area (Å²) in [6, 6.07) is 4.00. The average Bonchev–Trinajstić information content (AvgIpc) is 2.08. The van der Waals surface area contributed by atoms with E-state index in [0.29, 0.717) is 5.02 Å². The van der Waals surface area contributed by atoms with Crippen LogP contribution in [0.15, 0.2) is 18.2 Å². The maximum atomic E-state index is 13.2. The van der Waals surface area contributed by atoms with E-state index in [2.05, 4.69) is 0 Å². The Kier molecular flexibility index (Phi) is 3.30. The molecule has 0 atom stereocenters. The molecule has 0 aliphatic carbocycles. The summed E-state index contributed by atoms with van der Waals surface area (Å²) >= 11 is 5.66. The zero-order chi connectivity index (χ0) is 10.7. The second kappa shape index (κ2) is 4.28. The van der Waals surface area contributed by atoms with Gasteiger partial charge in [0.1, 0.15) is 12.4 Å². The van der Waals surface area contributed by atoms with Gasteiger partial charge in [0, 0.05) is 12.1 Å². The minimum Gasteiger partial charge on any atom is -0.480 e. The third-order valence-corrected chi connectivity index (χ3v) is 1.93. The first kappa shape index (κ1) is 10.8. The summed E-state index contributed by atoms with van der Waals surface area (Å²) in [6.45, 7) is -0.267. The number of benzene rings is 1. The molecule has 76 valence electrons. The Hall–Kier alpha value is -1.29. The Morgan fingerprint density at radius 3 is 2.86 bits per heavy atom. The van der Waals surface area contributed by atoms with Crippen LogP contribution < -0.4 is 4.90 Å². The van der Waals surface area contributed by atoms with Crippen molar-refractivity contribution in [3.05, 3.63) is 29.0 Å². The van der Waals surface area contributed by atoms with E-state index in [1.165, 1.54) is 30.1 Å². The van der Waals surface area contributed by atoms with Gasteiger partial charge in [-0.2, -0.15) is 0 Å². The van der Waals surface area contributed by atoms with E-state index in [4.69, 9.17) is 16.7 Å². The summed E-state index contributed by atoms with van der Waals surface area (Å²) in [5, 5.41) is 8.88. The molecule has 0 aliphatic rings. The summed E-state index contributed by atoms with van der Waals surface area (Å²) in [7, 11) is 1.49. The number of carboxylic acids is 1. The summed E-state index contributed by atoms with van der Waals surface area (Å²) in [4.78, 5) is 11.7. The molecule has 0 fully saturated rings. The normalized spacial score (nSPS) is 9.93. The number of rotatable bonds is 3. The molecule has 1 aromatic carbocycles. The molecule has 0 aliphatic heterocycles. The second-order valence-electron chi connectivity index (χ2n) is 2.85. The average molecular weight is 218 g/mol. The Morgan fingerprint density at radius 2 is 2.29 bits per heavy atom. The highest BCUT2D eigenvalue weighted by Gasteiger charge is 2.10. The minimum absolute atomic E-state index is 0.180. The van der Waals surface area contributed by atoms with Crippen molar-refractivity contribution in [1.29, 1.82) is 0 Å². The lowest BCUT2D eigenvalue weighted by molar-refractivity contribution is -0.135. The molecule has 0 unspecified atom stereocenters. The van der Waals surface area contributed by atoms with Gasteiger partial charge in [0.25, 0.3) is 0 Å². The van der Waals surface area contributed by atoms with Crippen LogP contribution in [0.3, 0.4) is 0 Å². The molecule has 0 heterocycles. The molecule has 3 nitrogen and oxygen atoms in total. The minimum atomic E-state index is -1.02. The van der Waals surface area contributed by atoms with Crippen LogP contribution in [0.1, 0.15) is 0 Å². The van der Waals surface area contributed by atoms with Crippen LogP contribution in [0.25, 0.3) is 0 Å². The fraction of sp³-hybridized carbons (Fsp3) is 0.222.